The van der Waals surface area contributed by atoms with Gasteiger partial charge in [0.25, 0.3) is 17.3 Å². The van der Waals surface area contributed by atoms with Crippen molar-refractivity contribution in [2.45, 2.75) is 24.1 Å². The van der Waals surface area contributed by atoms with Crippen LogP contribution in [0.4, 0.5) is 16.5 Å². The molecule has 0 aliphatic heterocycles. The van der Waals surface area contributed by atoms with Gasteiger partial charge in [0, 0.05) is 17.9 Å². The molecule has 1 aromatic carbocycles. The zero-order valence-corrected chi connectivity index (χ0v) is 14.6. The maximum Gasteiger partial charge on any atom is 0.277 e. The van der Waals surface area contributed by atoms with Crippen molar-refractivity contribution < 1.29 is 14.6 Å². The number of hydrogen-bond acceptors (Lipinski definition) is 9. The van der Waals surface area contributed by atoms with E-state index in [1.807, 2.05) is 0 Å². The first-order valence-corrected chi connectivity index (χ1v) is 8.92. The average Bonchev–Trinajstić information content (AvgIpc) is 3.01. The molecule has 0 bridgehead atoms. The van der Waals surface area contributed by atoms with Crippen molar-refractivity contribution in [3.05, 3.63) is 44.0 Å². The third-order valence-corrected chi connectivity index (χ3v) is 4.99. The summed E-state index contributed by atoms with van der Waals surface area (Å²) < 4.78 is 0.689. The van der Waals surface area contributed by atoms with Crippen LogP contribution in [0.1, 0.15) is 30.1 Å². The molecule has 0 fully saturated rings. The lowest BCUT2D eigenvalue weighted by atomic mass is 10.1. The molecule has 1 amide bonds. The summed E-state index contributed by atoms with van der Waals surface area (Å²) in [5.41, 5.74) is -1.27. The van der Waals surface area contributed by atoms with Crippen molar-refractivity contribution in [1.29, 1.82) is 0 Å². The summed E-state index contributed by atoms with van der Waals surface area (Å²) in [7, 11) is 0. The van der Waals surface area contributed by atoms with Gasteiger partial charge in [0.1, 0.15) is 0 Å². The molecule has 0 unspecified atom stereocenters. The molecule has 12 heteroatoms. The Morgan fingerprint density at radius 1 is 1.20 bits per heavy atom. The van der Waals surface area contributed by atoms with Crippen LogP contribution in [0.2, 0.25) is 0 Å². The first-order chi connectivity index (χ1) is 11.9. The minimum atomic E-state index is -0.794. The molecule has 25 heavy (non-hydrogen) atoms. The van der Waals surface area contributed by atoms with Crippen molar-refractivity contribution in [2.75, 3.05) is 11.1 Å². The molecule has 2 aromatic rings. The van der Waals surface area contributed by atoms with Gasteiger partial charge in [-0.15, -0.1) is 10.2 Å². The molecule has 0 atom stereocenters. The lowest BCUT2D eigenvalue weighted by Gasteiger charge is -2.01. The summed E-state index contributed by atoms with van der Waals surface area (Å²) in [6.45, 7) is 2.07. The number of unbranched alkanes of at least 4 members (excludes halogenated alkanes) is 1. The number of carbonyl (C=O) groups is 1. The zero-order chi connectivity index (χ0) is 18.4. The summed E-state index contributed by atoms with van der Waals surface area (Å²) in [5, 5.41) is 32.2. The number of rotatable bonds is 8. The smallest absolute Gasteiger partial charge is 0.277 e. The van der Waals surface area contributed by atoms with Gasteiger partial charge in [0.2, 0.25) is 5.13 Å². The van der Waals surface area contributed by atoms with Crippen molar-refractivity contribution in [2.24, 2.45) is 0 Å². The van der Waals surface area contributed by atoms with Crippen molar-refractivity contribution in [3.8, 4) is 0 Å². The van der Waals surface area contributed by atoms with Gasteiger partial charge in [-0.05, 0) is 6.42 Å². The largest absolute Gasteiger partial charge is 0.296 e. The maximum atomic E-state index is 12.2. The number of nitrogens with zero attached hydrogens (tertiary/aromatic N) is 4. The number of hydrogen-bond donors (Lipinski definition) is 1. The summed E-state index contributed by atoms with van der Waals surface area (Å²) in [6, 6.07) is 2.74. The minimum Gasteiger partial charge on any atom is -0.296 e. The van der Waals surface area contributed by atoms with Crippen LogP contribution >= 0.6 is 23.1 Å². The van der Waals surface area contributed by atoms with Crippen molar-refractivity contribution >= 4 is 45.5 Å². The number of thioether (sulfide) groups is 1. The summed E-state index contributed by atoms with van der Waals surface area (Å²) in [4.78, 5) is 32.4. The second-order valence-corrected chi connectivity index (χ2v) is 7.10. The number of nitrogens with one attached hydrogen (secondary N) is 1. The van der Waals surface area contributed by atoms with Gasteiger partial charge in [-0.3, -0.25) is 30.3 Å². The number of aromatic nitrogens is 2. The van der Waals surface area contributed by atoms with E-state index in [1.165, 1.54) is 23.1 Å². The van der Waals surface area contributed by atoms with Gasteiger partial charge in [-0.25, -0.2) is 0 Å². The molecule has 1 N–H and O–H groups in total. The molecular formula is C13H13N5O5S2. The summed E-state index contributed by atoms with van der Waals surface area (Å²) >= 11 is 2.68. The van der Waals surface area contributed by atoms with Crippen molar-refractivity contribution in [3.63, 3.8) is 0 Å². The number of anilines is 1. The quantitative estimate of drug-likeness (QED) is 0.240. The molecule has 1 aromatic heterocycles. The molecule has 0 spiro atoms. The Labute approximate surface area is 150 Å². The van der Waals surface area contributed by atoms with Gasteiger partial charge in [0.05, 0.1) is 21.5 Å². The Morgan fingerprint density at radius 2 is 1.84 bits per heavy atom. The van der Waals surface area contributed by atoms with Gasteiger partial charge in [-0.1, -0.05) is 36.4 Å². The number of non-ortho nitro benzene ring substituents is 2. The van der Waals surface area contributed by atoms with Crippen LogP contribution < -0.4 is 5.32 Å². The topological polar surface area (TPSA) is 141 Å². The Balaban J connectivity index is 2.15. The van der Waals surface area contributed by atoms with Gasteiger partial charge < -0.3 is 0 Å². The predicted molar refractivity (Wildman–Crippen MR) is 93.2 cm³/mol. The highest BCUT2D eigenvalue weighted by atomic mass is 32.2. The number of amides is 1. The Kier molecular flexibility index (Phi) is 6.36. The predicted octanol–water partition coefficient (Wildman–Crippen LogP) is 3.50. The lowest BCUT2D eigenvalue weighted by Crippen LogP contribution is -2.12. The fourth-order valence-electron chi connectivity index (χ4n) is 1.73. The number of nitro groups is 2. The SMILES string of the molecule is CCCCSc1nnc(NC(=O)c2cc([N+](=O)[O-])cc([N+](=O)[O-])c2)s1. The monoisotopic (exact) mass is 383 g/mol. The molecule has 0 aliphatic carbocycles. The third kappa shape index (κ3) is 5.19. The van der Waals surface area contributed by atoms with Crippen LogP contribution in [-0.4, -0.2) is 31.7 Å². The van der Waals surface area contributed by atoms with E-state index in [4.69, 9.17) is 0 Å². The highest BCUT2D eigenvalue weighted by molar-refractivity contribution is 8.01. The number of carbonyl (C=O) groups excluding carboxylic acids is 1. The van der Waals surface area contributed by atoms with E-state index in [-0.39, 0.29) is 10.7 Å². The van der Waals surface area contributed by atoms with Crippen LogP contribution in [-0.2, 0) is 0 Å². The van der Waals surface area contributed by atoms with Crippen LogP contribution in [0.3, 0.4) is 0 Å². The van der Waals surface area contributed by atoms with Gasteiger partial charge >= 0.3 is 0 Å². The van der Waals surface area contributed by atoms with Crippen molar-refractivity contribution in [1.82, 2.24) is 10.2 Å². The van der Waals surface area contributed by atoms with Crippen LogP contribution in [0.25, 0.3) is 0 Å². The Hall–Kier alpha value is -2.60. The van der Waals surface area contributed by atoms with E-state index in [1.54, 1.807) is 0 Å². The number of nitro benzene ring substituents is 2. The molecule has 0 radical (unpaired) electrons. The van der Waals surface area contributed by atoms with E-state index in [0.717, 1.165) is 36.8 Å². The minimum absolute atomic E-state index is 0.198. The molecular weight excluding hydrogens is 370 g/mol. The van der Waals surface area contributed by atoms with Gasteiger partial charge in [-0.2, -0.15) is 0 Å². The van der Waals surface area contributed by atoms with E-state index in [2.05, 4.69) is 22.4 Å². The zero-order valence-electron chi connectivity index (χ0n) is 13.0. The molecule has 10 nitrogen and oxygen atoms in total. The Bertz CT molecular complexity index is 778. The molecule has 0 aliphatic rings. The maximum absolute atomic E-state index is 12.2. The molecule has 0 saturated carbocycles. The second-order valence-electron chi connectivity index (χ2n) is 4.78. The highest BCUT2D eigenvalue weighted by Gasteiger charge is 2.20. The molecule has 0 saturated heterocycles. The summed E-state index contributed by atoms with van der Waals surface area (Å²) in [5.74, 6) is 0.156. The van der Waals surface area contributed by atoms with Crippen LogP contribution in [0.5, 0.6) is 0 Å². The normalized spacial score (nSPS) is 10.4. The lowest BCUT2D eigenvalue weighted by molar-refractivity contribution is -0.394. The standard InChI is InChI=1S/C13H13N5O5S2/c1-2-3-4-24-13-16-15-12(25-13)14-11(19)8-5-9(17(20)21)7-10(6-8)18(22)23/h5-7H,2-4H2,1H3,(H,14,15,19). The van der Waals surface area contributed by atoms with E-state index < -0.39 is 27.1 Å². The first-order valence-electron chi connectivity index (χ1n) is 7.12. The van der Waals surface area contributed by atoms with E-state index in [0.29, 0.717) is 4.34 Å². The Morgan fingerprint density at radius 3 is 2.40 bits per heavy atom. The molecule has 1 heterocycles. The van der Waals surface area contributed by atoms with E-state index in [9.17, 15) is 25.0 Å². The fraction of sp³-hybridized carbons (Fsp3) is 0.308. The van der Waals surface area contributed by atoms with Gasteiger partial charge in [0.15, 0.2) is 4.34 Å². The highest BCUT2D eigenvalue weighted by Crippen LogP contribution is 2.27. The molecule has 132 valence electrons. The molecule has 2 rings (SSSR count). The third-order valence-electron chi connectivity index (χ3n) is 2.94. The number of benzene rings is 1. The van der Waals surface area contributed by atoms with Crippen LogP contribution in [0, 0.1) is 20.2 Å². The first kappa shape index (κ1) is 18.7. The summed E-state index contributed by atoms with van der Waals surface area (Å²) in [6.07, 6.45) is 2.09. The second kappa shape index (κ2) is 8.48. The van der Waals surface area contributed by atoms with Crippen LogP contribution in [0.15, 0.2) is 22.5 Å². The van der Waals surface area contributed by atoms with E-state index >= 15 is 0 Å². The average molecular weight is 383 g/mol. The fourth-order valence-corrected chi connectivity index (χ4v) is 3.63.